The van der Waals surface area contributed by atoms with Crippen LogP contribution in [0.5, 0.6) is 0 Å². The number of carbonyl (C=O) groups excluding carboxylic acids is 2. The zero-order valence-corrected chi connectivity index (χ0v) is 20.6. The lowest BCUT2D eigenvalue weighted by Crippen LogP contribution is -2.50. The van der Waals surface area contributed by atoms with Crippen LogP contribution in [0.2, 0.25) is 0 Å². The van der Waals surface area contributed by atoms with Gasteiger partial charge < -0.3 is 20.3 Å². The minimum Gasteiger partial charge on any atom is -0.444 e. The van der Waals surface area contributed by atoms with E-state index >= 15 is 0 Å². The van der Waals surface area contributed by atoms with E-state index in [2.05, 4.69) is 38.7 Å². The second-order valence-corrected chi connectivity index (χ2v) is 10.0. The Balaban J connectivity index is 1.33. The third kappa shape index (κ3) is 5.86. The quantitative estimate of drug-likeness (QED) is 0.705. The molecule has 1 saturated heterocycles. The molecule has 8 nitrogen and oxygen atoms in total. The Morgan fingerprint density at radius 1 is 1.12 bits per heavy atom. The van der Waals surface area contributed by atoms with Crippen molar-refractivity contribution in [2.45, 2.75) is 58.7 Å². The van der Waals surface area contributed by atoms with Crippen LogP contribution in [0.3, 0.4) is 0 Å². The predicted molar refractivity (Wildman–Crippen MR) is 132 cm³/mol. The summed E-state index contributed by atoms with van der Waals surface area (Å²) in [4.78, 5) is 33.2. The fraction of sp³-hybridized carbons (Fsp3) is 0.500. The zero-order chi connectivity index (χ0) is 24.3. The molecule has 0 saturated carbocycles. The Bertz CT molecular complexity index is 1020. The predicted octanol–water partition coefficient (Wildman–Crippen LogP) is 4.25. The highest BCUT2D eigenvalue weighted by atomic mass is 16.6. The molecular weight excluding hydrogens is 430 g/mol. The summed E-state index contributed by atoms with van der Waals surface area (Å²) >= 11 is 0. The maximum atomic E-state index is 12.4. The first kappa shape index (κ1) is 24.0. The van der Waals surface area contributed by atoms with Crippen LogP contribution < -0.4 is 10.6 Å². The van der Waals surface area contributed by atoms with E-state index in [1.165, 1.54) is 11.1 Å². The number of pyridine rings is 1. The second kappa shape index (κ2) is 10.0. The second-order valence-electron chi connectivity index (χ2n) is 10.0. The highest BCUT2D eigenvalue weighted by molar-refractivity contribution is 5.89. The van der Waals surface area contributed by atoms with Crippen molar-refractivity contribution in [2.24, 2.45) is 0 Å². The normalized spacial score (nSPS) is 18.4. The van der Waals surface area contributed by atoms with E-state index < -0.39 is 5.60 Å². The molecule has 2 N–H and O–H groups in total. The Morgan fingerprint density at radius 3 is 2.56 bits per heavy atom. The Labute approximate surface area is 201 Å². The largest absolute Gasteiger partial charge is 0.444 e. The summed E-state index contributed by atoms with van der Waals surface area (Å²) in [5, 5.41) is 5.81. The fourth-order valence-electron chi connectivity index (χ4n) is 4.69. The number of urea groups is 1. The van der Waals surface area contributed by atoms with E-state index in [0.717, 1.165) is 37.2 Å². The summed E-state index contributed by atoms with van der Waals surface area (Å²) in [6, 6.07) is 10.2. The van der Waals surface area contributed by atoms with E-state index in [9.17, 15) is 9.59 Å². The number of fused-ring (bicyclic) bond motifs is 1. The third-order valence-corrected chi connectivity index (χ3v) is 6.35. The highest BCUT2D eigenvalue weighted by Gasteiger charge is 2.33. The van der Waals surface area contributed by atoms with Crippen LogP contribution in [0.25, 0.3) is 0 Å². The van der Waals surface area contributed by atoms with Gasteiger partial charge >= 0.3 is 12.1 Å². The first-order valence-corrected chi connectivity index (χ1v) is 12.0. The van der Waals surface area contributed by atoms with Gasteiger partial charge in [0.15, 0.2) is 0 Å². The molecule has 2 aliphatic rings. The lowest BCUT2D eigenvalue weighted by atomic mass is 10.0. The number of hydrogen-bond donors (Lipinski definition) is 2. The molecule has 1 unspecified atom stereocenters. The van der Waals surface area contributed by atoms with Crippen molar-refractivity contribution >= 4 is 17.8 Å². The van der Waals surface area contributed by atoms with Crippen molar-refractivity contribution in [1.29, 1.82) is 0 Å². The number of nitrogens with zero attached hydrogens (tertiary/aromatic N) is 3. The van der Waals surface area contributed by atoms with E-state index in [4.69, 9.17) is 4.74 Å². The molecule has 4 rings (SSSR count). The maximum absolute atomic E-state index is 12.4. The van der Waals surface area contributed by atoms with Gasteiger partial charge in [0.1, 0.15) is 5.60 Å². The van der Waals surface area contributed by atoms with Crippen LogP contribution in [-0.2, 0) is 17.7 Å². The average molecular weight is 466 g/mol. The molecule has 8 heteroatoms. The van der Waals surface area contributed by atoms with Gasteiger partial charge in [0.2, 0.25) is 0 Å². The SMILES string of the molecule is Cc1ccc(NC(=O)NCc2cccc3c2CCC3N2CCN(C(=O)OC(C)(C)C)CC2)cn1. The van der Waals surface area contributed by atoms with Crippen molar-refractivity contribution in [3.05, 3.63) is 58.9 Å². The molecule has 2 heterocycles. The molecule has 34 heavy (non-hydrogen) atoms. The van der Waals surface area contributed by atoms with Gasteiger partial charge in [-0.2, -0.15) is 0 Å². The first-order chi connectivity index (χ1) is 16.2. The molecule has 1 fully saturated rings. The average Bonchev–Trinajstić information content (AvgIpc) is 3.23. The minimum absolute atomic E-state index is 0.230. The van der Waals surface area contributed by atoms with Gasteiger partial charge in [0, 0.05) is 44.5 Å². The van der Waals surface area contributed by atoms with Crippen LogP contribution in [0, 0.1) is 6.92 Å². The molecular formula is C26H35N5O3. The van der Waals surface area contributed by atoms with Crippen LogP contribution in [0.15, 0.2) is 36.5 Å². The Morgan fingerprint density at radius 2 is 1.88 bits per heavy atom. The van der Waals surface area contributed by atoms with Gasteiger partial charge in [-0.3, -0.25) is 9.88 Å². The number of benzene rings is 1. The van der Waals surface area contributed by atoms with Gasteiger partial charge in [0.05, 0.1) is 11.9 Å². The Kier molecular flexibility index (Phi) is 7.07. The number of anilines is 1. The molecule has 1 aliphatic carbocycles. The lowest BCUT2D eigenvalue weighted by Gasteiger charge is -2.38. The first-order valence-electron chi connectivity index (χ1n) is 12.0. The number of nitrogens with one attached hydrogen (secondary N) is 2. The molecule has 0 bridgehead atoms. The Hall–Kier alpha value is -3.13. The van der Waals surface area contributed by atoms with Gasteiger partial charge in [-0.25, -0.2) is 9.59 Å². The number of aromatic nitrogens is 1. The molecule has 1 aromatic carbocycles. The van der Waals surface area contributed by atoms with Gasteiger partial charge in [-0.1, -0.05) is 18.2 Å². The summed E-state index contributed by atoms with van der Waals surface area (Å²) in [7, 11) is 0. The molecule has 1 atom stereocenters. The van der Waals surface area contributed by atoms with Gasteiger partial charge in [-0.05, 0) is 69.4 Å². The summed E-state index contributed by atoms with van der Waals surface area (Å²) < 4.78 is 5.52. The van der Waals surface area contributed by atoms with Crippen molar-refractivity contribution in [3.8, 4) is 0 Å². The minimum atomic E-state index is -0.475. The molecule has 1 aliphatic heterocycles. The van der Waals surface area contributed by atoms with Gasteiger partial charge in [0.25, 0.3) is 0 Å². The van der Waals surface area contributed by atoms with Crippen LogP contribution >= 0.6 is 0 Å². The topological polar surface area (TPSA) is 86.8 Å². The molecule has 0 radical (unpaired) electrons. The number of piperazine rings is 1. The molecule has 3 amide bonds. The number of rotatable bonds is 4. The smallest absolute Gasteiger partial charge is 0.410 e. The van der Waals surface area contributed by atoms with Crippen molar-refractivity contribution in [1.82, 2.24) is 20.1 Å². The summed E-state index contributed by atoms with van der Waals surface area (Å²) in [5.74, 6) is 0. The summed E-state index contributed by atoms with van der Waals surface area (Å²) in [6.07, 6.45) is 3.47. The molecule has 0 spiro atoms. The van der Waals surface area contributed by atoms with Gasteiger partial charge in [-0.15, -0.1) is 0 Å². The van der Waals surface area contributed by atoms with Crippen LogP contribution in [0.1, 0.15) is 55.6 Å². The molecule has 2 aromatic rings. The number of amides is 3. The van der Waals surface area contributed by atoms with Crippen molar-refractivity contribution in [3.63, 3.8) is 0 Å². The summed E-state index contributed by atoms with van der Waals surface area (Å²) in [6.45, 7) is 11.1. The zero-order valence-electron chi connectivity index (χ0n) is 20.6. The summed E-state index contributed by atoms with van der Waals surface area (Å²) in [5.41, 5.74) is 4.94. The van der Waals surface area contributed by atoms with Crippen molar-refractivity contribution < 1.29 is 14.3 Å². The van der Waals surface area contributed by atoms with E-state index in [1.807, 2.05) is 39.8 Å². The monoisotopic (exact) mass is 465 g/mol. The third-order valence-electron chi connectivity index (χ3n) is 6.35. The van der Waals surface area contributed by atoms with E-state index in [0.29, 0.717) is 31.4 Å². The fourth-order valence-corrected chi connectivity index (χ4v) is 4.69. The maximum Gasteiger partial charge on any atom is 0.410 e. The highest BCUT2D eigenvalue weighted by Crippen LogP contribution is 2.38. The number of ether oxygens (including phenoxy) is 1. The number of hydrogen-bond acceptors (Lipinski definition) is 5. The number of aryl methyl sites for hydroxylation is 1. The van der Waals surface area contributed by atoms with E-state index in [-0.39, 0.29) is 12.1 Å². The lowest BCUT2D eigenvalue weighted by molar-refractivity contribution is 0.0103. The molecule has 182 valence electrons. The van der Waals surface area contributed by atoms with Crippen LogP contribution in [0.4, 0.5) is 15.3 Å². The number of carbonyl (C=O) groups is 2. The van der Waals surface area contributed by atoms with E-state index in [1.54, 1.807) is 11.1 Å². The van der Waals surface area contributed by atoms with Crippen LogP contribution in [-0.4, -0.2) is 58.7 Å². The standard InChI is InChI=1S/C26H35N5O3/c1-18-8-9-20(17-27-18)29-24(32)28-16-19-6-5-7-22-21(19)10-11-23(22)30-12-14-31(15-13-30)25(33)34-26(2,3)4/h5-9,17,23H,10-16H2,1-4H3,(H2,28,29,32). The van der Waals surface area contributed by atoms with Crippen molar-refractivity contribution in [2.75, 3.05) is 31.5 Å². The molecule has 1 aromatic heterocycles.